The third-order valence-corrected chi connectivity index (χ3v) is 5.73. The lowest BCUT2D eigenvalue weighted by molar-refractivity contribution is 0.102. The fourth-order valence-electron chi connectivity index (χ4n) is 2.66. The Morgan fingerprint density at radius 3 is 2.73 bits per heavy atom. The third kappa shape index (κ3) is 3.14. The van der Waals surface area contributed by atoms with Gasteiger partial charge < -0.3 is 14.6 Å². The van der Waals surface area contributed by atoms with E-state index in [-0.39, 0.29) is 25.0 Å². The molecule has 0 spiro atoms. The lowest BCUT2D eigenvalue weighted by Gasteiger charge is -2.28. The number of sulfonamides is 1. The molecule has 9 heteroatoms. The van der Waals surface area contributed by atoms with Crippen molar-refractivity contribution < 1.29 is 22.5 Å². The number of amides is 1. The van der Waals surface area contributed by atoms with Gasteiger partial charge in [-0.05, 0) is 36.4 Å². The summed E-state index contributed by atoms with van der Waals surface area (Å²) in [6, 6.07) is 11.5. The molecule has 1 aliphatic rings. The molecule has 0 aliphatic carbocycles. The molecule has 3 aromatic rings. The first kappa shape index (κ1) is 16.6. The molecule has 0 atom stereocenters. The maximum Gasteiger partial charge on any atom is 0.255 e. The van der Waals surface area contributed by atoms with Crippen LogP contribution in [0, 0.1) is 0 Å². The Balaban J connectivity index is 1.51. The van der Waals surface area contributed by atoms with E-state index < -0.39 is 10.0 Å². The molecular weight excluding hydrogens is 358 g/mol. The Labute approximate surface area is 149 Å². The maximum absolute atomic E-state index is 12.4. The van der Waals surface area contributed by atoms with Gasteiger partial charge in [0.05, 0.1) is 24.2 Å². The molecule has 26 heavy (non-hydrogen) atoms. The number of carbonyl (C=O) groups is 1. The van der Waals surface area contributed by atoms with Crippen molar-refractivity contribution in [1.82, 2.24) is 5.16 Å². The number of aromatic nitrogens is 1. The topological polar surface area (TPSA) is 102 Å². The van der Waals surface area contributed by atoms with E-state index in [9.17, 15) is 13.2 Å². The summed E-state index contributed by atoms with van der Waals surface area (Å²) < 4.78 is 35.6. The van der Waals surface area contributed by atoms with Crippen LogP contribution in [0.2, 0.25) is 0 Å². The Morgan fingerprint density at radius 1 is 1.15 bits per heavy atom. The van der Waals surface area contributed by atoms with E-state index in [1.54, 1.807) is 48.7 Å². The van der Waals surface area contributed by atoms with Gasteiger partial charge in [0.1, 0.15) is 6.73 Å². The summed E-state index contributed by atoms with van der Waals surface area (Å²) in [5.41, 5.74) is 2.02. The minimum absolute atomic E-state index is 0.0227. The normalized spacial score (nSPS) is 16.5. The second-order valence-corrected chi connectivity index (χ2v) is 7.79. The fourth-order valence-corrected chi connectivity index (χ4v) is 3.88. The van der Waals surface area contributed by atoms with Gasteiger partial charge in [0.25, 0.3) is 5.91 Å². The lowest BCUT2D eigenvalue weighted by Crippen LogP contribution is -2.41. The Bertz CT molecular complexity index is 1060. The van der Waals surface area contributed by atoms with Gasteiger partial charge in [-0.1, -0.05) is 5.16 Å². The van der Waals surface area contributed by atoms with Gasteiger partial charge in [-0.15, -0.1) is 0 Å². The van der Waals surface area contributed by atoms with Gasteiger partial charge >= 0.3 is 0 Å². The van der Waals surface area contributed by atoms with E-state index in [0.29, 0.717) is 22.5 Å². The van der Waals surface area contributed by atoms with Crippen molar-refractivity contribution in [3.63, 3.8) is 0 Å². The van der Waals surface area contributed by atoms with Crippen LogP contribution in [-0.2, 0) is 14.8 Å². The average Bonchev–Trinajstić information content (AvgIpc) is 3.09. The van der Waals surface area contributed by atoms with E-state index in [0.717, 1.165) is 5.39 Å². The molecule has 1 saturated heterocycles. The molecule has 4 rings (SSSR count). The summed E-state index contributed by atoms with van der Waals surface area (Å²) in [5.74, 6) is -0.368. The molecule has 134 valence electrons. The third-order valence-electron chi connectivity index (χ3n) is 4.06. The lowest BCUT2D eigenvalue weighted by atomic mass is 10.2. The Morgan fingerprint density at radius 2 is 1.96 bits per heavy atom. The number of carbonyl (C=O) groups excluding carboxylic acids is 1. The molecule has 2 aromatic carbocycles. The van der Waals surface area contributed by atoms with Gasteiger partial charge in [-0.3, -0.25) is 4.79 Å². The maximum atomic E-state index is 12.4. The number of fused-ring (bicyclic) bond motifs is 1. The molecule has 1 N–H and O–H groups in total. The predicted octanol–water partition coefficient (Wildman–Crippen LogP) is 2.20. The van der Waals surface area contributed by atoms with Crippen LogP contribution in [0.1, 0.15) is 10.4 Å². The zero-order valence-corrected chi connectivity index (χ0v) is 14.4. The standard InChI is InChI=1S/C17H15N3O5S/c21-17(19-14-4-1-13-10-18-25-16(13)9-14)12-2-5-15(6-3-12)20-11-24-7-8-26(20,22)23/h1-6,9-10H,7-8,11H2,(H,19,21). The number of nitrogens with zero attached hydrogens (tertiary/aromatic N) is 2. The van der Waals surface area contributed by atoms with Crippen molar-refractivity contribution >= 4 is 38.3 Å². The molecule has 0 radical (unpaired) electrons. The van der Waals surface area contributed by atoms with Crippen LogP contribution in [0.25, 0.3) is 11.0 Å². The summed E-state index contributed by atoms with van der Waals surface area (Å²) in [6.45, 7) is 0.167. The van der Waals surface area contributed by atoms with E-state index in [1.165, 1.54) is 4.31 Å². The van der Waals surface area contributed by atoms with Gasteiger partial charge in [-0.2, -0.15) is 0 Å². The van der Waals surface area contributed by atoms with Gasteiger partial charge in [0.2, 0.25) is 10.0 Å². The largest absolute Gasteiger partial charge is 0.359 e. The molecule has 0 unspecified atom stereocenters. The van der Waals surface area contributed by atoms with Crippen molar-refractivity contribution in [2.45, 2.75) is 0 Å². The smallest absolute Gasteiger partial charge is 0.255 e. The molecule has 0 saturated carbocycles. The molecule has 0 bridgehead atoms. The second kappa shape index (κ2) is 6.43. The molecule has 8 nitrogen and oxygen atoms in total. The number of rotatable bonds is 3. The van der Waals surface area contributed by atoms with Crippen molar-refractivity contribution in [3.8, 4) is 0 Å². The monoisotopic (exact) mass is 373 g/mol. The fraction of sp³-hybridized carbons (Fsp3) is 0.176. The molecular formula is C17H15N3O5S. The van der Waals surface area contributed by atoms with Gasteiger partial charge in [0, 0.05) is 22.7 Å². The first-order chi connectivity index (χ1) is 12.5. The van der Waals surface area contributed by atoms with Crippen LogP contribution in [0.3, 0.4) is 0 Å². The molecule has 1 aliphatic heterocycles. The average molecular weight is 373 g/mol. The molecule has 1 fully saturated rings. The highest BCUT2D eigenvalue weighted by atomic mass is 32.2. The van der Waals surface area contributed by atoms with E-state index in [2.05, 4.69) is 10.5 Å². The molecule has 1 amide bonds. The van der Waals surface area contributed by atoms with E-state index >= 15 is 0 Å². The second-order valence-electron chi connectivity index (χ2n) is 5.78. The van der Waals surface area contributed by atoms with Crippen LogP contribution in [-0.4, -0.2) is 38.6 Å². The van der Waals surface area contributed by atoms with E-state index in [4.69, 9.17) is 9.26 Å². The number of anilines is 2. The molecule has 2 heterocycles. The minimum Gasteiger partial charge on any atom is -0.359 e. The summed E-state index contributed by atoms with van der Waals surface area (Å²) in [6.07, 6.45) is 1.60. The Hall–Kier alpha value is -2.91. The highest BCUT2D eigenvalue weighted by Gasteiger charge is 2.26. The van der Waals surface area contributed by atoms with Crippen molar-refractivity contribution in [1.29, 1.82) is 0 Å². The van der Waals surface area contributed by atoms with Gasteiger partial charge in [-0.25, -0.2) is 12.7 Å². The number of hydrogen-bond donors (Lipinski definition) is 1. The van der Waals surface area contributed by atoms with Crippen LogP contribution in [0.15, 0.2) is 53.2 Å². The summed E-state index contributed by atoms with van der Waals surface area (Å²) in [5, 5.41) is 7.31. The first-order valence-corrected chi connectivity index (χ1v) is 9.48. The van der Waals surface area contributed by atoms with Crippen LogP contribution < -0.4 is 9.62 Å². The Kier molecular flexibility index (Phi) is 4.09. The number of ether oxygens (including phenoxy) is 1. The van der Waals surface area contributed by atoms with Crippen molar-refractivity contribution in [2.75, 3.05) is 28.7 Å². The predicted molar refractivity (Wildman–Crippen MR) is 95.5 cm³/mol. The highest BCUT2D eigenvalue weighted by molar-refractivity contribution is 7.92. The zero-order valence-electron chi connectivity index (χ0n) is 13.6. The summed E-state index contributed by atoms with van der Waals surface area (Å²) in [7, 11) is -3.38. The summed E-state index contributed by atoms with van der Waals surface area (Å²) >= 11 is 0. The minimum atomic E-state index is -3.38. The number of hydrogen-bond acceptors (Lipinski definition) is 6. The zero-order chi connectivity index (χ0) is 18.1. The first-order valence-electron chi connectivity index (χ1n) is 7.87. The molecule has 1 aromatic heterocycles. The van der Waals surface area contributed by atoms with Crippen molar-refractivity contribution in [2.24, 2.45) is 0 Å². The van der Waals surface area contributed by atoms with Crippen LogP contribution in [0.4, 0.5) is 11.4 Å². The van der Waals surface area contributed by atoms with Gasteiger partial charge in [0.15, 0.2) is 5.58 Å². The summed E-state index contributed by atoms with van der Waals surface area (Å²) in [4.78, 5) is 12.4. The SMILES string of the molecule is O=C(Nc1ccc2cnoc2c1)c1ccc(N2COCCS2(=O)=O)cc1. The van der Waals surface area contributed by atoms with Crippen LogP contribution in [0.5, 0.6) is 0 Å². The number of benzene rings is 2. The number of nitrogens with one attached hydrogen (secondary N) is 1. The van der Waals surface area contributed by atoms with Crippen molar-refractivity contribution in [3.05, 3.63) is 54.2 Å². The highest BCUT2D eigenvalue weighted by Crippen LogP contribution is 2.23. The quantitative estimate of drug-likeness (QED) is 0.755. The van der Waals surface area contributed by atoms with Crippen LogP contribution >= 0.6 is 0 Å². The van der Waals surface area contributed by atoms with E-state index in [1.807, 2.05) is 0 Å².